The van der Waals surface area contributed by atoms with Gasteiger partial charge in [-0.3, -0.25) is 0 Å². The van der Waals surface area contributed by atoms with Crippen molar-refractivity contribution in [2.75, 3.05) is 26.7 Å². The molecular weight excluding hydrogens is 228 g/mol. The molecular formula is C5H12F3O3PS. The summed E-state index contributed by atoms with van der Waals surface area (Å²) in [5, 5.41) is 0. The SMILES string of the molecule is CP(C)(C)(C)OS(=O)(=O)C(F)(F)F. The van der Waals surface area contributed by atoms with E-state index in [-0.39, 0.29) is 0 Å². The normalized spacial score (nSPS) is 17.9. The van der Waals surface area contributed by atoms with Crippen molar-refractivity contribution in [1.82, 2.24) is 0 Å². The van der Waals surface area contributed by atoms with Crippen LogP contribution in [0.25, 0.3) is 0 Å². The Bertz CT molecular complexity index is 288. The molecule has 8 heteroatoms. The Morgan fingerprint density at radius 2 is 1.38 bits per heavy atom. The van der Waals surface area contributed by atoms with Gasteiger partial charge in [-0.15, -0.1) is 0 Å². The fourth-order valence-electron chi connectivity index (χ4n) is 0.435. The van der Waals surface area contributed by atoms with Crippen molar-refractivity contribution in [1.29, 1.82) is 0 Å². The number of hydrogen-bond acceptors (Lipinski definition) is 3. The standard InChI is InChI=1S/C5H12F3O3PS/c1-12(2,3,4)11-13(9,10)5(6,7)8/h1-4H3. The molecule has 82 valence electrons. The van der Waals surface area contributed by atoms with Gasteiger partial charge in [0.1, 0.15) is 0 Å². The topological polar surface area (TPSA) is 43.4 Å². The van der Waals surface area contributed by atoms with Gasteiger partial charge in [0, 0.05) is 0 Å². The van der Waals surface area contributed by atoms with Crippen LogP contribution in [0.1, 0.15) is 0 Å². The van der Waals surface area contributed by atoms with Gasteiger partial charge < -0.3 is 0 Å². The average Bonchev–Trinajstić information content (AvgIpc) is 1.48. The first-order valence-corrected chi connectivity index (χ1v) is 8.59. The molecule has 0 aliphatic carbocycles. The molecule has 0 amide bonds. The fourth-order valence-corrected chi connectivity index (χ4v) is 3.91. The predicted octanol–water partition coefficient (Wildman–Crippen LogP) is 1.84. The summed E-state index contributed by atoms with van der Waals surface area (Å²) in [6.45, 7) is 2.31. The first-order chi connectivity index (χ1) is 5.21. The van der Waals surface area contributed by atoms with Crippen molar-refractivity contribution in [2.45, 2.75) is 5.51 Å². The van der Waals surface area contributed by atoms with Gasteiger partial charge in [-0.25, -0.2) is 0 Å². The molecule has 0 rings (SSSR count). The maximum atomic E-state index is 11.8. The number of rotatable bonds is 2. The van der Waals surface area contributed by atoms with Gasteiger partial charge in [0.15, 0.2) is 0 Å². The molecule has 0 heterocycles. The first kappa shape index (κ1) is 13.1. The van der Waals surface area contributed by atoms with Crippen LogP contribution in [0.3, 0.4) is 0 Å². The molecule has 3 nitrogen and oxygen atoms in total. The molecule has 0 atom stereocenters. The molecule has 0 spiro atoms. The van der Waals surface area contributed by atoms with E-state index in [0.717, 1.165) is 0 Å². The molecule has 0 aromatic heterocycles. The van der Waals surface area contributed by atoms with Crippen LogP contribution in [0.4, 0.5) is 13.2 Å². The van der Waals surface area contributed by atoms with Gasteiger partial charge in [-0.2, -0.15) is 0 Å². The molecule has 0 aromatic rings. The Morgan fingerprint density at radius 1 is 1.08 bits per heavy atom. The van der Waals surface area contributed by atoms with Gasteiger partial charge in [-0.05, 0) is 0 Å². The van der Waals surface area contributed by atoms with Crippen LogP contribution in [-0.2, 0) is 14.1 Å². The van der Waals surface area contributed by atoms with Crippen molar-refractivity contribution in [3.05, 3.63) is 0 Å². The van der Waals surface area contributed by atoms with E-state index < -0.39 is 22.5 Å². The number of alkyl halides is 3. The van der Waals surface area contributed by atoms with E-state index in [2.05, 4.69) is 3.97 Å². The first-order valence-electron chi connectivity index (χ1n) is 3.24. The summed E-state index contributed by atoms with van der Waals surface area (Å²) in [4.78, 5) is 0. The molecule has 0 bridgehead atoms. The maximum absolute atomic E-state index is 11.8. The number of halogens is 3. The van der Waals surface area contributed by atoms with E-state index >= 15 is 0 Å². The van der Waals surface area contributed by atoms with E-state index in [4.69, 9.17) is 0 Å². The Labute approximate surface area is 75.4 Å². The summed E-state index contributed by atoms with van der Waals surface area (Å²) in [6.07, 6.45) is 0. The monoisotopic (exact) mass is 240 g/mol. The van der Waals surface area contributed by atoms with Gasteiger partial charge in [0.05, 0.1) is 0 Å². The summed E-state index contributed by atoms with van der Waals surface area (Å²) < 4.78 is 60.8. The second kappa shape index (κ2) is 2.81. The number of hydrogen-bond donors (Lipinski definition) is 0. The molecule has 0 saturated carbocycles. The van der Waals surface area contributed by atoms with Gasteiger partial charge >= 0.3 is 74.7 Å². The predicted molar refractivity (Wildman–Crippen MR) is 46.7 cm³/mol. The minimum absolute atomic E-state index is 1.37. The van der Waals surface area contributed by atoms with Crippen LogP contribution in [0, 0.1) is 0 Å². The minimum atomic E-state index is -5.46. The van der Waals surface area contributed by atoms with Crippen LogP contribution in [0.2, 0.25) is 0 Å². The van der Waals surface area contributed by atoms with Crippen LogP contribution in [0.5, 0.6) is 0 Å². The van der Waals surface area contributed by atoms with Crippen molar-refractivity contribution in [3.8, 4) is 0 Å². The van der Waals surface area contributed by atoms with Crippen molar-refractivity contribution in [2.24, 2.45) is 0 Å². The van der Waals surface area contributed by atoms with Crippen LogP contribution >= 0.6 is 6.83 Å². The molecule has 0 aliphatic rings. The third-order valence-electron chi connectivity index (χ3n) is 0.680. The van der Waals surface area contributed by atoms with Crippen molar-refractivity contribution < 1.29 is 25.6 Å². The fraction of sp³-hybridized carbons (Fsp3) is 1.00. The summed E-state index contributed by atoms with van der Waals surface area (Å²) in [5.74, 6) is 0. The van der Waals surface area contributed by atoms with E-state index in [9.17, 15) is 21.6 Å². The third-order valence-corrected chi connectivity index (χ3v) is 4.42. The van der Waals surface area contributed by atoms with Crippen LogP contribution in [0.15, 0.2) is 0 Å². The zero-order chi connectivity index (χ0) is 11.2. The summed E-state index contributed by atoms with van der Waals surface area (Å²) in [7, 11) is -5.46. The molecule has 0 aromatic carbocycles. The van der Waals surface area contributed by atoms with E-state index in [1.807, 2.05) is 0 Å². The second-order valence-corrected chi connectivity index (χ2v) is 13.2. The van der Waals surface area contributed by atoms with Gasteiger partial charge in [0.25, 0.3) is 0 Å². The summed E-state index contributed by atoms with van der Waals surface area (Å²) in [6, 6.07) is 0. The third kappa shape index (κ3) is 4.78. The Balaban J connectivity index is 4.98. The Morgan fingerprint density at radius 3 is 1.46 bits per heavy atom. The van der Waals surface area contributed by atoms with Crippen LogP contribution in [-0.4, -0.2) is 40.6 Å². The molecule has 0 fully saturated rings. The molecule has 0 N–H and O–H groups in total. The Kier molecular flexibility index (Phi) is 2.84. The Hall–Kier alpha value is 0.130. The molecule has 0 aliphatic heterocycles. The average molecular weight is 240 g/mol. The molecule has 13 heavy (non-hydrogen) atoms. The zero-order valence-electron chi connectivity index (χ0n) is 7.71. The van der Waals surface area contributed by atoms with E-state index in [1.165, 1.54) is 26.7 Å². The van der Waals surface area contributed by atoms with E-state index in [1.54, 1.807) is 0 Å². The van der Waals surface area contributed by atoms with Crippen molar-refractivity contribution in [3.63, 3.8) is 0 Å². The molecule has 0 unspecified atom stereocenters. The van der Waals surface area contributed by atoms with Gasteiger partial charge in [0.2, 0.25) is 0 Å². The van der Waals surface area contributed by atoms with Gasteiger partial charge in [-0.1, -0.05) is 0 Å². The van der Waals surface area contributed by atoms with Crippen LogP contribution < -0.4 is 0 Å². The van der Waals surface area contributed by atoms with E-state index in [0.29, 0.717) is 0 Å². The van der Waals surface area contributed by atoms with Crippen molar-refractivity contribution >= 4 is 16.9 Å². The molecule has 0 saturated heterocycles. The zero-order valence-corrected chi connectivity index (χ0v) is 9.43. The summed E-state index contributed by atoms with van der Waals surface area (Å²) >= 11 is 0. The quantitative estimate of drug-likeness (QED) is 0.546. The molecule has 0 radical (unpaired) electrons. The summed E-state index contributed by atoms with van der Waals surface area (Å²) in [5.41, 5.74) is -5.34. The second-order valence-electron chi connectivity index (χ2n) is 4.39.